The molecule has 0 bridgehead atoms. The monoisotopic (exact) mass is 164 g/mol. The summed E-state index contributed by atoms with van der Waals surface area (Å²) in [5.41, 5.74) is 13.3. The van der Waals surface area contributed by atoms with Gasteiger partial charge in [-0.15, -0.1) is 0 Å². The molecule has 1 aromatic rings. The summed E-state index contributed by atoms with van der Waals surface area (Å²) in [7, 11) is 0. The van der Waals surface area contributed by atoms with Gasteiger partial charge in [0.2, 0.25) is 0 Å². The highest BCUT2D eigenvalue weighted by Crippen LogP contribution is 2.34. The van der Waals surface area contributed by atoms with Crippen molar-refractivity contribution in [3.05, 3.63) is 23.8 Å². The minimum Gasteiger partial charge on any atom is -0.491 e. The summed E-state index contributed by atoms with van der Waals surface area (Å²) < 4.78 is 5.42. The summed E-state index contributed by atoms with van der Waals surface area (Å²) in [6.45, 7) is 0.669. The summed E-state index contributed by atoms with van der Waals surface area (Å²) in [6.07, 6.45) is 0.871. The molecule has 3 nitrogen and oxygen atoms in total. The van der Waals surface area contributed by atoms with Gasteiger partial charge in [0, 0.05) is 18.0 Å². The average Bonchev–Trinajstić information content (AvgIpc) is 2.07. The number of fused-ring (bicyclic) bond motifs is 1. The van der Waals surface area contributed by atoms with Crippen LogP contribution in [0, 0.1) is 0 Å². The van der Waals surface area contributed by atoms with E-state index in [1.807, 2.05) is 18.2 Å². The normalized spacial score (nSPS) is 21.2. The molecule has 4 N–H and O–H groups in total. The zero-order chi connectivity index (χ0) is 8.55. The largest absolute Gasteiger partial charge is 0.491 e. The third-order valence-electron chi connectivity index (χ3n) is 2.15. The van der Waals surface area contributed by atoms with Gasteiger partial charge in [0.1, 0.15) is 5.75 Å². The molecule has 0 radical (unpaired) electrons. The summed E-state index contributed by atoms with van der Waals surface area (Å²) in [4.78, 5) is 0. The molecule has 0 amide bonds. The number of nitrogens with two attached hydrogens (primary N) is 2. The van der Waals surface area contributed by atoms with Crippen LogP contribution >= 0.6 is 0 Å². The Morgan fingerprint density at radius 1 is 1.42 bits per heavy atom. The molecule has 12 heavy (non-hydrogen) atoms. The van der Waals surface area contributed by atoms with Gasteiger partial charge in [-0.25, -0.2) is 0 Å². The fourth-order valence-corrected chi connectivity index (χ4v) is 1.48. The Bertz CT molecular complexity index is 299. The second-order valence-electron chi connectivity index (χ2n) is 3.01. The third-order valence-corrected chi connectivity index (χ3v) is 2.15. The van der Waals surface area contributed by atoms with Crippen LogP contribution in [0.4, 0.5) is 5.69 Å². The Labute approximate surface area is 71.3 Å². The summed E-state index contributed by atoms with van der Waals surface area (Å²) in [5.74, 6) is 0.774. The van der Waals surface area contributed by atoms with E-state index in [2.05, 4.69) is 0 Å². The Hall–Kier alpha value is -1.22. The van der Waals surface area contributed by atoms with E-state index in [9.17, 15) is 0 Å². The topological polar surface area (TPSA) is 61.3 Å². The lowest BCUT2D eigenvalue weighted by Crippen LogP contribution is -2.21. The summed E-state index contributed by atoms with van der Waals surface area (Å²) in [5, 5.41) is 0. The summed E-state index contributed by atoms with van der Waals surface area (Å²) in [6, 6.07) is 5.78. The first-order chi connectivity index (χ1) is 5.79. The van der Waals surface area contributed by atoms with E-state index >= 15 is 0 Å². The lowest BCUT2D eigenvalue weighted by atomic mass is 10.0. The molecule has 1 aliphatic rings. The molecule has 0 aliphatic carbocycles. The van der Waals surface area contributed by atoms with Gasteiger partial charge in [-0.3, -0.25) is 0 Å². The Kier molecular flexibility index (Phi) is 1.66. The maximum absolute atomic E-state index is 5.88. The minimum atomic E-state index is 0.0808. The maximum Gasteiger partial charge on any atom is 0.146 e. The molecule has 0 saturated carbocycles. The smallest absolute Gasteiger partial charge is 0.146 e. The molecular formula is C9H12N2O. The molecule has 1 heterocycles. The van der Waals surface area contributed by atoms with Crippen LogP contribution < -0.4 is 16.2 Å². The van der Waals surface area contributed by atoms with Crippen molar-refractivity contribution in [3.8, 4) is 5.75 Å². The number of ether oxygens (including phenoxy) is 1. The predicted octanol–water partition coefficient (Wildman–Crippen LogP) is 1.05. The summed E-state index contributed by atoms with van der Waals surface area (Å²) >= 11 is 0. The Morgan fingerprint density at radius 2 is 2.25 bits per heavy atom. The standard InChI is InChI=1S/C9H12N2O/c10-7-4-5-12-9-6(7)2-1-3-8(9)11/h1-3,7H,4-5,10-11H2. The highest BCUT2D eigenvalue weighted by Gasteiger charge is 2.18. The van der Waals surface area contributed by atoms with Crippen molar-refractivity contribution in [1.82, 2.24) is 0 Å². The van der Waals surface area contributed by atoms with Gasteiger partial charge in [-0.1, -0.05) is 12.1 Å². The number of para-hydroxylation sites is 1. The molecule has 1 atom stereocenters. The molecule has 3 heteroatoms. The Balaban J connectivity index is 2.52. The molecule has 1 unspecified atom stereocenters. The number of nitrogen functional groups attached to an aromatic ring is 1. The van der Waals surface area contributed by atoms with E-state index in [-0.39, 0.29) is 6.04 Å². The lowest BCUT2D eigenvalue weighted by Gasteiger charge is -2.23. The highest BCUT2D eigenvalue weighted by atomic mass is 16.5. The van der Waals surface area contributed by atoms with E-state index in [1.165, 1.54) is 0 Å². The lowest BCUT2D eigenvalue weighted by molar-refractivity contribution is 0.270. The van der Waals surface area contributed by atoms with E-state index < -0.39 is 0 Å². The van der Waals surface area contributed by atoms with Gasteiger partial charge in [0.15, 0.2) is 0 Å². The molecule has 0 fully saturated rings. The molecule has 0 spiro atoms. The number of hydrogen-bond donors (Lipinski definition) is 2. The Morgan fingerprint density at radius 3 is 3.00 bits per heavy atom. The van der Waals surface area contributed by atoms with Crippen molar-refractivity contribution in [1.29, 1.82) is 0 Å². The number of benzene rings is 1. The predicted molar refractivity (Wildman–Crippen MR) is 47.9 cm³/mol. The second-order valence-corrected chi connectivity index (χ2v) is 3.01. The van der Waals surface area contributed by atoms with Gasteiger partial charge >= 0.3 is 0 Å². The maximum atomic E-state index is 5.88. The van der Waals surface area contributed by atoms with Crippen molar-refractivity contribution in [2.24, 2.45) is 5.73 Å². The van der Waals surface area contributed by atoms with Crippen molar-refractivity contribution in [2.75, 3.05) is 12.3 Å². The zero-order valence-electron chi connectivity index (χ0n) is 6.79. The SMILES string of the molecule is Nc1cccc2c1OCCC2N. The first-order valence-corrected chi connectivity index (χ1v) is 4.06. The molecule has 64 valence electrons. The van der Waals surface area contributed by atoms with E-state index in [0.717, 1.165) is 17.7 Å². The van der Waals surface area contributed by atoms with Crippen LogP contribution in [0.15, 0.2) is 18.2 Å². The number of anilines is 1. The van der Waals surface area contributed by atoms with Gasteiger partial charge in [-0.05, 0) is 6.07 Å². The van der Waals surface area contributed by atoms with Crippen molar-refractivity contribution >= 4 is 5.69 Å². The third kappa shape index (κ3) is 1.02. The fourth-order valence-electron chi connectivity index (χ4n) is 1.48. The molecule has 0 saturated heterocycles. The average molecular weight is 164 g/mol. The molecule has 1 aliphatic heterocycles. The van der Waals surface area contributed by atoms with Crippen LogP contribution in [0.1, 0.15) is 18.0 Å². The quantitative estimate of drug-likeness (QED) is 0.563. The molecule has 0 aromatic heterocycles. The highest BCUT2D eigenvalue weighted by molar-refractivity contribution is 5.58. The van der Waals surface area contributed by atoms with Crippen LogP contribution in [-0.4, -0.2) is 6.61 Å². The first kappa shape index (κ1) is 7.43. The minimum absolute atomic E-state index is 0.0808. The van der Waals surface area contributed by atoms with Crippen LogP contribution in [0.3, 0.4) is 0 Å². The molecular weight excluding hydrogens is 152 g/mol. The van der Waals surface area contributed by atoms with Crippen LogP contribution in [0.25, 0.3) is 0 Å². The van der Waals surface area contributed by atoms with Crippen molar-refractivity contribution in [2.45, 2.75) is 12.5 Å². The number of rotatable bonds is 0. The van der Waals surface area contributed by atoms with Gasteiger partial charge in [-0.2, -0.15) is 0 Å². The fraction of sp³-hybridized carbons (Fsp3) is 0.333. The van der Waals surface area contributed by atoms with Gasteiger partial charge < -0.3 is 16.2 Å². The van der Waals surface area contributed by atoms with E-state index in [1.54, 1.807) is 0 Å². The van der Waals surface area contributed by atoms with Crippen molar-refractivity contribution in [3.63, 3.8) is 0 Å². The second kappa shape index (κ2) is 2.68. The molecule has 1 aromatic carbocycles. The van der Waals surface area contributed by atoms with Gasteiger partial charge in [0.25, 0.3) is 0 Å². The van der Waals surface area contributed by atoms with Crippen molar-refractivity contribution < 1.29 is 4.74 Å². The van der Waals surface area contributed by atoms with Crippen LogP contribution in [0.2, 0.25) is 0 Å². The van der Waals surface area contributed by atoms with Gasteiger partial charge in [0.05, 0.1) is 12.3 Å². The van der Waals surface area contributed by atoms with Crippen LogP contribution in [-0.2, 0) is 0 Å². The van der Waals surface area contributed by atoms with E-state index in [0.29, 0.717) is 12.3 Å². The van der Waals surface area contributed by atoms with Crippen LogP contribution in [0.5, 0.6) is 5.75 Å². The number of hydrogen-bond acceptors (Lipinski definition) is 3. The molecule has 2 rings (SSSR count). The zero-order valence-corrected chi connectivity index (χ0v) is 6.79. The first-order valence-electron chi connectivity index (χ1n) is 4.06. The van der Waals surface area contributed by atoms with E-state index in [4.69, 9.17) is 16.2 Å².